The van der Waals surface area contributed by atoms with E-state index in [2.05, 4.69) is 16.3 Å². The van der Waals surface area contributed by atoms with Crippen LogP contribution >= 0.6 is 11.3 Å². The summed E-state index contributed by atoms with van der Waals surface area (Å²) in [5, 5.41) is 4.13. The summed E-state index contributed by atoms with van der Waals surface area (Å²) in [6.07, 6.45) is 2.14. The van der Waals surface area contributed by atoms with Crippen LogP contribution in [0.3, 0.4) is 0 Å². The highest BCUT2D eigenvalue weighted by Crippen LogP contribution is 2.36. The molecule has 2 aromatic carbocycles. The number of benzene rings is 2. The van der Waals surface area contributed by atoms with Crippen molar-refractivity contribution in [1.29, 1.82) is 0 Å². The molecule has 2 aliphatic rings. The van der Waals surface area contributed by atoms with Crippen LogP contribution in [0.1, 0.15) is 29.5 Å². The highest BCUT2D eigenvalue weighted by atomic mass is 32.1. The molecule has 3 heterocycles. The van der Waals surface area contributed by atoms with Gasteiger partial charge in [-0.3, -0.25) is 9.69 Å². The summed E-state index contributed by atoms with van der Waals surface area (Å²) in [5.41, 5.74) is 2.04. The molecule has 1 N–H and O–H groups in total. The highest BCUT2D eigenvalue weighted by molar-refractivity contribution is 7.18. The summed E-state index contributed by atoms with van der Waals surface area (Å²) in [6, 6.07) is 14.2. The number of para-hydroxylation sites is 1. The van der Waals surface area contributed by atoms with E-state index >= 15 is 0 Å². The van der Waals surface area contributed by atoms with Crippen LogP contribution in [0.4, 0.5) is 0 Å². The molecule has 0 aliphatic carbocycles. The maximum atomic E-state index is 12.5. The van der Waals surface area contributed by atoms with Crippen molar-refractivity contribution >= 4 is 27.5 Å². The van der Waals surface area contributed by atoms with Crippen molar-refractivity contribution in [2.75, 3.05) is 19.9 Å². The molecule has 5 rings (SSSR count). The third kappa shape index (κ3) is 3.43. The zero-order valence-electron chi connectivity index (χ0n) is 15.4. The molecule has 7 heteroatoms. The van der Waals surface area contributed by atoms with Gasteiger partial charge in [0.1, 0.15) is 5.01 Å². The van der Waals surface area contributed by atoms with Gasteiger partial charge in [0.25, 0.3) is 0 Å². The number of rotatable bonds is 5. The summed E-state index contributed by atoms with van der Waals surface area (Å²) in [6.45, 7) is 2.06. The van der Waals surface area contributed by atoms with Crippen molar-refractivity contribution in [3.63, 3.8) is 0 Å². The Morgan fingerprint density at radius 1 is 1.21 bits per heavy atom. The standard InChI is InChI=1S/C21H21N3O3S/c25-20(22-11-14-7-8-17-18(10-14)27-13-26-17)12-24-9-3-5-16(24)21-23-15-4-1-2-6-19(15)28-21/h1-2,4,6-8,10,16H,3,5,9,11-13H2,(H,22,25)/t16-/m1/s1. The Labute approximate surface area is 167 Å². The van der Waals surface area contributed by atoms with E-state index in [1.165, 1.54) is 4.70 Å². The van der Waals surface area contributed by atoms with Gasteiger partial charge in [-0.25, -0.2) is 4.98 Å². The average Bonchev–Trinajstić information content (AvgIpc) is 3.44. The van der Waals surface area contributed by atoms with E-state index < -0.39 is 0 Å². The van der Waals surface area contributed by atoms with Crippen LogP contribution in [0.15, 0.2) is 42.5 Å². The van der Waals surface area contributed by atoms with Crippen molar-refractivity contribution in [2.45, 2.75) is 25.4 Å². The molecule has 1 atom stereocenters. The first-order valence-electron chi connectivity index (χ1n) is 9.51. The molecule has 3 aromatic rings. The second-order valence-electron chi connectivity index (χ2n) is 7.11. The first-order valence-corrected chi connectivity index (χ1v) is 10.3. The Morgan fingerprint density at radius 2 is 2.11 bits per heavy atom. The van der Waals surface area contributed by atoms with Crippen molar-refractivity contribution in [3.8, 4) is 11.5 Å². The van der Waals surface area contributed by atoms with Crippen LogP contribution in [-0.4, -0.2) is 35.7 Å². The summed E-state index contributed by atoms with van der Waals surface area (Å²) in [5.74, 6) is 1.53. The van der Waals surface area contributed by atoms with Crippen molar-refractivity contribution in [1.82, 2.24) is 15.2 Å². The molecule has 1 fully saturated rings. The van der Waals surface area contributed by atoms with Gasteiger partial charge in [-0.15, -0.1) is 11.3 Å². The molecule has 144 valence electrons. The molecule has 0 spiro atoms. The van der Waals surface area contributed by atoms with Crippen LogP contribution in [0, 0.1) is 0 Å². The number of nitrogens with zero attached hydrogens (tertiary/aromatic N) is 2. The second kappa shape index (κ2) is 7.41. The molecular weight excluding hydrogens is 374 g/mol. The van der Waals surface area contributed by atoms with Gasteiger partial charge in [-0.05, 0) is 49.2 Å². The van der Waals surface area contributed by atoms with E-state index in [1.54, 1.807) is 11.3 Å². The van der Waals surface area contributed by atoms with Crippen molar-refractivity contribution in [3.05, 3.63) is 53.0 Å². The lowest BCUT2D eigenvalue weighted by atomic mass is 10.2. The van der Waals surface area contributed by atoms with E-state index in [4.69, 9.17) is 14.5 Å². The molecule has 28 heavy (non-hydrogen) atoms. The highest BCUT2D eigenvalue weighted by Gasteiger charge is 2.30. The Hall–Kier alpha value is -2.64. The number of fused-ring (bicyclic) bond motifs is 2. The molecule has 6 nitrogen and oxygen atoms in total. The van der Waals surface area contributed by atoms with Gasteiger partial charge in [0, 0.05) is 6.54 Å². The molecule has 0 bridgehead atoms. The zero-order chi connectivity index (χ0) is 18.9. The van der Waals surface area contributed by atoms with E-state index in [0.717, 1.165) is 47.0 Å². The third-order valence-corrected chi connectivity index (χ3v) is 6.37. The zero-order valence-corrected chi connectivity index (χ0v) is 16.2. The van der Waals surface area contributed by atoms with Gasteiger partial charge in [-0.1, -0.05) is 18.2 Å². The fourth-order valence-electron chi connectivity index (χ4n) is 3.82. The molecule has 0 unspecified atom stereocenters. The lowest BCUT2D eigenvalue weighted by Crippen LogP contribution is -2.36. The van der Waals surface area contributed by atoms with Crippen LogP contribution in [-0.2, 0) is 11.3 Å². The van der Waals surface area contributed by atoms with Crippen molar-refractivity contribution < 1.29 is 14.3 Å². The molecular formula is C21H21N3O3S. The third-order valence-electron chi connectivity index (χ3n) is 5.23. The lowest BCUT2D eigenvalue weighted by Gasteiger charge is -2.22. The summed E-state index contributed by atoms with van der Waals surface area (Å²) < 4.78 is 11.9. The summed E-state index contributed by atoms with van der Waals surface area (Å²) >= 11 is 1.74. The summed E-state index contributed by atoms with van der Waals surface area (Å²) in [4.78, 5) is 19.6. The molecule has 0 radical (unpaired) electrons. The normalized spacial score (nSPS) is 18.6. The van der Waals surface area contributed by atoms with Crippen LogP contribution < -0.4 is 14.8 Å². The molecule has 1 amide bonds. The van der Waals surface area contributed by atoms with Gasteiger partial charge in [0.2, 0.25) is 12.7 Å². The van der Waals surface area contributed by atoms with Gasteiger partial charge in [-0.2, -0.15) is 0 Å². The van der Waals surface area contributed by atoms with Crippen LogP contribution in [0.5, 0.6) is 11.5 Å². The number of amides is 1. The minimum atomic E-state index is 0.0330. The van der Waals surface area contributed by atoms with E-state index in [0.29, 0.717) is 13.1 Å². The number of ether oxygens (including phenoxy) is 2. The van der Waals surface area contributed by atoms with Crippen LogP contribution in [0.2, 0.25) is 0 Å². The fourth-order valence-corrected chi connectivity index (χ4v) is 4.96. The number of carbonyl (C=O) groups is 1. The quantitative estimate of drug-likeness (QED) is 0.717. The first-order chi connectivity index (χ1) is 13.8. The van der Waals surface area contributed by atoms with Gasteiger partial charge >= 0.3 is 0 Å². The number of hydrogen-bond acceptors (Lipinski definition) is 6. The molecule has 0 saturated carbocycles. The Kier molecular flexibility index (Phi) is 4.62. The number of nitrogens with one attached hydrogen (secondary N) is 1. The fraction of sp³-hybridized carbons (Fsp3) is 0.333. The topological polar surface area (TPSA) is 63.7 Å². The molecule has 2 aliphatic heterocycles. The number of thiazole rings is 1. The number of hydrogen-bond donors (Lipinski definition) is 1. The van der Waals surface area contributed by atoms with Crippen molar-refractivity contribution in [2.24, 2.45) is 0 Å². The lowest BCUT2D eigenvalue weighted by molar-refractivity contribution is -0.122. The van der Waals surface area contributed by atoms with Gasteiger partial charge in [0.05, 0.1) is 22.8 Å². The molecule has 1 aromatic heterocycles. The molecule has 1 saturated heterocycles. The van der Waals surface area contributed by atoms with E-state index in [9.17, 15) is 4.79 Å². The SMILES string of the molecule is O=C(CN1CCC[C@@H]1c1nc2ccccc2s1)NCc1ccc2c(c1)OCO2. The summed E-state index contributed by atoms with van der Waals surface area (Å²) in [7, 11) is 0. The Balaban J connectivity index is 1.21. The number of likely N-dealkylation sites (tertiary alicyclic amines) is 1. The van der Waals surface area contributed by atoms with E-state index in [-0.39, 0.29) is 18.7 Å². The predicted molar refractivity (Wildman–Crippen MR) is 108 cm³/mol. The number of carbonyl (C=O) groups excluding carboxylic acids is 1. The number of aromatic nitrogens is 1. The largest absolute Gasteiger partial charge is 0.454 e. The monoisotopic (exact) mass is 395 g/mol. The predicted octanol–water partition coefficient (Wildman–Crippen LogP) is 3.48. The average molecular weight is 395 g/mol. The van der Waals surface area contributed by atoms with E-state index in [1.807, 2.05) is 36.4 Å². The minimum absolute atomic E-state index is 0.0330. The van der Waals surface area contributed by atoms with Crippen LogP contribution in [0.25, 0.3) is 10.2 Å². The van der Waals surface area contributed by atoms with Gasteiger partial charge < -0.3 is 14.8 Å². The van der Waals surface area contributed by atoms with Gasteiger partial charge in [0.15, 0.2) is 11.5 Å². The Bertz CT molecular complexity index is 986. The maximum Gasteiger partial charge on any atom is 0.234 e. The smallest absolute Gasteiger partial charge is 0.234 e. The second-order valence-corrected chi connectivity index (χ2v) is 8.17. The first kappa shape index (κ1) is 17.5. The Morgan fingerprint density at radius 3 is 3.04 bits per heavy atom. The maximum absolute atomic E-state index is 12.5. The minimum Gasteiger partial charge on any atom is -0.454 e.